The Kier molecular flexibility index (Phi) is 3.06. The average Bonchev–Trinajstić information content (AvgIpc) is 2.14. The number of halogens is 4. The second-order valence-corrected chi connectivity index (χ2v) is 2.87. The van der Waals surface area contributed by atoms with Crippen LogP contribution in [0, 0.1) is 5.82 Å². The number of hydrogen-bond donors (Lipinski definition) is 1. The summed E-state index contributed by atoms with van der Waals surface area (Å²) in [6.07, 6.45) is -4.80. The first-order valence-corrected chi connectivity index (χ1v) is 4.02. The lowest BCUT2D eigenvalue weighted by Crippen LogP contribution is -2.20. The lowest BCUT2D eigenvalue weighted by atomic mass is 10.0. The van der Waals surface area contributed by atoms with E-state index in [0.29, 0.717) is 12.1 Å². The maximum Gasteiger partial charge on any atom is 0.417 e. The van der Waals surface area contributed by atoms with Crippen molar-refractivity contribution in [3.63, 3.8) is 0 Å². The summed E-state index contributed by atoms with van der Waals surface area (Å²) < 4.78 is 54.9. The molecule has 3 nitrogen and oxygen atoms in total. The fourth-order valence-corrected chi connectivity index (χ4v) is 1.24. The summed E-state index contributed by atoms with van der Waals surface area (Å²) in [5.74, 6) is -3.28. The Labute approximate surface area is 87.8 Å². The van der Waals surface area contributed by atoms with Crippen LogP contribution in [-0.4, -0.2) is 13.0 Å². The average molecular weight is 237 g/mol. The molecular weight excluding hydrogens is 230 g/mol. The number of carbonyl (C=O) groups is 1. The summed E-state index contributed by atoms with van der Waals surface area (Å²) in [4.78, 5) is 10.9. The number of ether oxygens (including phenoxy) is 1. The SMILES string of the molecule is COc1c(F)ccc(C(F)(F)F)c1C(N)=O. The minimum absolute atomic E-state index is 0.442. The van der Waals surface area contributed by atoms with Gasteiger partial charge in [-0.3, -0.25) is 4.79 Å². The normalized spacial score (nSPS) is 11.3. The molecule has 88 valence electrons. The Morgan fingerprint density at radius 1 is 1.38 bits per heavy atom. The summed E-state index contributed by atoms with van der Waals surface area (Å²) in [7, 11) is 0.949. The number of hydrogen-bond acceptors (Lipinski definition) is 2. The van der Waals surface area contributed by atoms with E-state index in [1.54, 1.807) is 0 Å². The molecule has 0 fully saturated rings. The minimum atomic E-state index is -4.80. The Balaban J connectivity index is 3.58. The van der Waals surface area contributed by atoms with Crippen LogP contribution in [0.2, 0.25) is 0 Å². The third kappa shape index (κ3) is 2.07. The van der Waals surface area contributed by atoms with E-state index in [9.17, 15) is 22.4 Å². The largest absolute Gasteiger partial charge is 0.493 e. The Bertz CT molecular complexity index is 428. The lowest BCUT2D eigenvalue weighted by Gasteiger charge is -2.14. The highest BCUT2D eigenvalue weighted by Crippen LogP contribution is 2.36. The molecular formula is C9H7F4NO2. The Morgan fingerprint density at radius 3 is 2.31 bits per heavy atom. The first kappa shape index (κ1) is 12.3. The summed E-state index contributed by atoms with van der Waals surface area (Å²) in [6.45, 7) is 0. The van der Waals surface area contributed by atoms with Crippen molar-refractivity contribution in [2.24, 2.45) is 5.73 Å². The Hall–Kier alpha value is -1.79. The van der Waals surface area contributed by atoms with E-state index in [0.717, 1.165) is 7.11 Å². The lowest BCUT2D eigenvalue weighted by molar-refractivity contribution is -0.138. The molecule has 0 aliphatic heterocycles. The molecule has 0 spiro atoms. The summed E-state index contributed by atoms with van der Waals surface area (Å²) in [5.41, 5.74) is 2.45. The van der Waals surface area contributed by atoms with Gasteiger partial charge in [0.05, 0.1) is 18.2 Å². The van der Waals surface area contributed by atoms with Crippen molar-refractivity contribution < 1.29 is 27.1 Å². The van der Waals surface area contributed by atoms with Gasteiger partial charge >= 0.3 is 6.18 Å². The van der Waals surface area contributed by atoms with E-state index >= 15 is 0 Å². The minimum Gasteiger partial charge on any atom is -0.493 e. The van der Waals surface area contributed by atoms with E-state index in [2.05, 4.69) is 4.74 Å². The fourth-order valence-electron chi connectivity index (χ4n) is 1.24. The molecule has 16 heavy (non-hydrogen) atoms. The van der Waals surface area contributed by atoms with Gasteiger partial charge < -0.3 is 10.5 Å². The van der Waals surface area contributed by atoms with Gasteiger partial charge in [-0.25, -0.2) is 4.39 Å². The molecule has 0 heterocycles. The van der Waals surface area contributed by atoms with Gasteiger partial charge in [0.2, 0.25) is 0 Å². The number of carbonyl (C=O) groups excluding carboxylic acids is 1. The van der Waals surface area contributed by atoms with Gasteiger partial charge in [0, 0.05) is 0 Å². The van der Waals surface area contributed by atoms with E-state index in [4.69, 9.17) is 5.73 Å². The van der Waals surface area contributed by atoms with Crippen LogP contribution in [0.5, 0.6) is 5.75 Å². The number of methoxy groups -OCH3 is 1. The molecule has 1 rings (SSSR count). The second kappa shape index (κ2) is 3.99. The number of amides is 1. The van der Waals surface area contributed by atoms with E-state index in [-0.39, 0.29) is 0 Å². The van der Waals surface area contributed by atoms with Crippen molar-refractivity contribution in [3.8, 4) is 5.75 Å². The van der Waals surface area contributed by atoms with E-state index in [1.165, 1.54) is 0 Å². The predicted octanol–water partition coefficient (Wildman–Crippen LogP) is 1.95. The molecule has 0 saturated carbocycles. The molecule has 1 aromatic carbocycles. The smallest absolute Gasteiger partial charge is 0.417 e. The number of primary amides is 1. The Morgan fingerprint density at radius 2 is 1.94 bits per heavy atom. The first-order chi connectivity index (χ1) is 7.29. The zero-order valence-electron chi connectivity index (χ0n) is 8.06. The maximum atomic E-state index is 13.1. The van der Waals surface area contributed by atoms with Crippen LogP contribution in [0.25, 0.3) is 0 Å². The second-order valence-electron chi connectivity index (χ2n) is 2.87. The highest BCUT2D eigenvalue weighted by molar-refractivity contribution is 5.97. The van der Waals surface area contributed by atoms with Crippen molar-refractivity contribution in [2.45, 2.75) is 6.18 Å². The fraction of sp³-hybridized carbons (Fsp3) is 0.222. The van der Waals surface area contributed by atoms with Crippen LogP contribution >= 0.6 is 0 Å². The monoisotopic (exact) mass is 237 g/mol. The molecule has 7 heteroatoms. The van der Waals surface area contributed by atoms with Gasteiger partial charge in [-0.2, -0.15) is 13.2 Å². The van der Waals surface area contributed by atoms with Gasteiger partial charge in [0.15, 0.2) is 11.6 Å². The van der Waals surface area contributed by atoms with Crippen molar-refractivity contribution in [2.75, 3.05) is 7.11 Å². The number of benzene rings is 1. The number of alkyl halides is 3. The predicted molar refractivity (Wildman–Crippen MR) is 46.5 cm³/mol. The van der Waals surface area contributed by atoms with Gasteiger partial charge in [-0.05, 0) is 12.1 Å². The quantitative estimate of drug-likeness (QED) is 0.799. The van der Waals surface area contributed by atoms with Gasteiger partial charge in [-0.1, -0.05) is 0 Å². The number of nitrogens with two attached hydrogens (primary N) is 1. The molecule has 0 unspecified atom stereocenters. The van der Waals surface area contributed by atoms with Crippen LogP contribution in [-0.2, 0) is 6.18 Å². The molecule has 0 aliphatic rings. The number of rotatable bonds is 2. The molecule has 0 bridgehead atoms. The molecule has 1 aromatic rings. The molecule has 0 radical (unpaired) electrons. The summed E-state index contributed by atoms with van der Waals surface area (Å²) in [6, 6.07) is 1.01. The third-order valence-corrected chi connectivity index (χ3v) is 1.87. The van der Waals surface area contributed by atoms with Crippen LogP contribution in [0.3, 0.4) is 0 Å². The highest BCUT2D eigenvalue weighted by Gasteiger charge is 2.37. The van der Waals surface area contributed by atoms with Crippen LogP contribution in [0.1, 0.15) is 15.9 Å². The molecule has 0 aromatic heterocycles. The van der Waals surface area contributed by atoms with Gasteiger partial charge in [0.25, 0.3) is 5.91 Å². The topological polar surface area (TPSA) is 52.3 Å². The zero-order valence-corrected chi connectivity index (χ0v) is 8.06. The molecule has 0 atom stereocenters. The first-order valence-electron chi connectivity index (χ1n) is 4.02. The van der Waals surface area contributed by atoms with Crippen molar-refractivity contribution in [1.29, 1.82) is 0 Å². The molecule has 2 N–H and O–H groups in total. The van der Waals surface area contributed by atoms with E-state index in [1.807, 2.05) is 0 Å². The standard InChI is InChI=1S/C9H7F4NO2/c1-16-7-5(10)3-2-4(9(11,12)13)6(7)8(14)15/h2-3H,1H3,(H2,14,15). The summed E-state index contributed by atoms with van der Waals surface area (Å²) in [5, 5.41) is 0. The van der Waals surface area contributed by atoms with Gasteiger partial charge in [0.1, 0.15) is 0 Å². The van der Waals surface area contributed by atoms with E-state index < -0.39 is 34.8 Å². The zero-order chi connectivity index (χ0) is 12.5. The molecule has 0 saturated heterocycles. The van der Waals surface area contributed by atoms with Crippen LogP contribution in [0.4, 0.5) is 17.6 Å². The van der Waals surface area contributed by atoms with Crippen molar-refractivity contribution >= 4 is 5.91 Å². The van der Waals surface area contributed by atoms with Crippen LogP contribution in [0.15, 0.2) is 12.1 Å². The molecule has 1 amide bonds. The highest BCUT2D eigenvalue weighted by atomic mass is 19.4. The van der Waals surface area contributed by atoms with Crippen LogP contribution < -0.4 is 10.5 Å². The van der Waals surface area contributed by atoms with Crippen molar-refractivity contribution in [3.05, 3.63) is 29.1 Å². The third-order valence-electron chi connectivity index (χ3n) is 1.87. The summed E-state index contributed by atoms with van der Waals surface area (Å²) >= 11 is 0. The molecule has 0 aliphatic carbocycles. The van der Waals surface area contributed by atoms with Gasteiger partial charge in [-0.15, -0.1) is 0 Å². The maximum absolute atomic E-state index is 13.1. The van der Waals surface area contributed by atoms with Crippen molar-refractivity contribution in [1.82, 2.24) is 0 Å².